The fraction of sp³-hybridized carbons (Fsp3) is 0.368. The summed E-state index contributed by atoms with van der Waals surface area (Å²) < 4.78 is 43.6. The molecular weight excluding hydrogens is 419 g/mol. The number of esters is 1. The van der Waals surface area contributed by atoms with Gasteiger partial charge in [0.1, 0.15) is 17.4 Å². The number of sulfonamides is 1. The molecule has 1 aromatic carbocycles. The number of carbonyl (C=O) groups is 2. The quantitative estimate of drug-likeness (QED) is 0.697. The Balaban J connectivity index is 1.88. The number of carbonyl (C=O) groups excluding carboxylic acids is 2. The van der Waals surface area contributed by atoms with Crippen molar-refractivity contribution in [3.8, 4) is 0 Å². The van der Waals surface area contributed by atoms with Gasteiger partial charge >= 0.3 is 5.97 Å². The Morgan fingerprint density at radius 1 is 1.28 bits per heavy atom. The number of hydrogen-bond acceptors (Lipinski definition) is 6. The number of thiophene rings is 1. The van der Waals surface area contributed by atoms with Crippen molar-refractivity contribution < 1.29 is 27.1 Å². The van der Waals surface area contributed by atoms with Gasteiger partial charge in [0.2, 0.25) is 15.9 Å². The van der Waals surface area contributed by atoms with E-state index in [1.54, 1.807) is 0 Å². The molecule has 0 fully saturated rings. The maximum atomic E-state index is 13.5. The molecule has 2 aromatic rings. The molecule has 0 saturated carbocycles. The van der Waals surface area contributed by atoms with Crippen LogP contribution < -0.4 is 9.62 Å². The van der Waals surface area contributed by atoms with Crippen molar-refractivity contribution in [1.82, 2.24) is 0 Å². The first-order valence-corrected chi connectivity index (χ1v) is 11.6. The topological polar surface area (TPSA) is 92.8 Å². The third kappa shape index (κ3) is 4.76. The first kappa shape index (κ1) is 21.3. The molecule has 1 N–H and O–H groups in total. The number of halogens is 1. The summed E-state index contributed by atoms with van der Waals surface area (Å²) in [5.74, 6) is -1.79. The normalized spacial score (nSPS) is 13.5. The molecule has 29 heavy (non-hydrogen) atoms. The second-order valence-electron chi connectivity index (χ2n) is 6.70. The van der Waals surface area contributed by atoms with E-state index in [1.165, 1.54) is 36.6 Å². The highest BCUT2D eigenvalue weighted by Gasteiger charge is 2.28. The van der Waals surface area contributed by atoms with Crippen molar-refractivity contribution >= 4 is 43.9 Å². The Morgan fingerprint density at radius 3 is 2.66 bits per heavy atom. The van der Waals surface area contributed by atoms with E-state index in [1.807, 2.05) is 0 Å². The highest BCUT2D eigenvalue weighted by Crippen LogP contribution is 2.38. The molecule has 1 aliphatic rings. The summed E-state index contributed by atoms with van der Waals surface area (Å²) in [6, 6.07) is 4.99. The van der Waals surface area contributed by atoms with Gasteiger partial charge in [-0.2, -0.15) is 0 Å². The van der Waals surface area contributed by atoms with Gasteiger partial charge in [0.05, 0.1) is 24.6 Å². The van der Waals surface area contributed by atoms with Crippen LogP contribution in [-0.4, -0.2) is 40.2 Å². The average molecular weight is 441 g/mol. The Labute approximate surface area is 172 Å². The lowest BCUT2D eigenvalue weighted by Crippen LogP contribution is -2.37. The maximum absolute atomic E-state index is 13.5. The largest absolute Gasteiger partial charge is 0.465 e. The van der Waals surface area contributed by atoms with E-state index in [2.05, 4.69) is 5.32 Å². The average Bonchev–Trinajstić information content (AvgIpc) is 3.02. The Bertz CT molecular complexity index is 1050. The predicted molar refractivity (Wildman–Crippen MR) is 110 cm³/mol. The van der Waals surface area contributed by atoms with Crippen molar-refractivity contribution in [3.63, 3.8) is 0 Å². The number of hydrogen-bond donors (Lipinski definition) is 1. The lowest BCUT2D eigenvalue weighted by molar-refractivity contribution is -0.114. The van der Waals surface area contributed by atoms with E-state index in [0.717, 1.165) is 52.8 Å². The second-order valence-corrected chi connectivity index (χ2v) is 9.72. The number of ether oxygens (including phenoxy) is 1. The molecule has 1 aromatic heterocycles. The minimum absolute atomic E-state index is 0.0429. The minimum Gasteiger partial charge on any atom is -0.465 e. The molecule has 0 spiro atoms. The molecule has 0 bridgehead atoms. The van der Waals surface area contributed by atoms with Gasteiger partial charge in [-0.05, 0) is 49.4 Å². The third-order valence-corrected chi connectivity index (χ3v) is 6.95. The van der Waals surface area contributed by atoms with Crippen molar-refractivity contribution in [2.24, 2.45) is 0 Å². The van der Waals surface area contributed by atoms with Gasteiger partial charge in [-0.25, -0.2) is 17.6 Å². The van der Waals surface area contributed by atoms with Crippen LogP contribution in [0.4, 0.5) is 15.1 Å². The summed E-state index contributed by atoms with van der Waals surface area (Å²) in [4.78, 5) is 25.9. The van der Waals surface area contributed by atoms with Crippen molar-refractivity contribution in [2.45, 2.75) is 25.7 Å². The Morgan fingerprint density at radius 2 is 2.00 bits per heavy atom. The third-order valence-electron chi connectivity index (χ3n) is 4.60. The van der Waals surface area contributed by atoms with Crippen LogP contribution in [0.25, 0.3) is 0 Å². The number of nitrogens with one attached hydrogen (secondary N) is 1. The molecule has 0 radical (unpaired) electrons. The minimum atomic E-state index is -3.84. The summed E-state index contributed by atoms with van der Waals surface area (Å²) in [5, 5.41) is 3.00. The van der Waals surface area contributed by atoms with Gasteiger partial charge in [0, 0.05) is 4.88 Å². The molecule has 3 rings (SSSR count). The number of anilines is 2. The van der Waals surface area contributed by atoms with E-state index in [-0.39, 0.29) is 5.69 Å². The van der Waals surface area contributed by atoms with Crippen LogP contribution in [-0.2, 0) is 32.4 Å². The summed E-state index contributed by atoms with van der Waals surface area (Å²) in [7, 11) is -2.56. The zero-order valence-corrected chi connectivity index (χ0v) is 17.7. The highest BCUT2D eigenvalue weighted by atomic mass is 32.2. The lowest BCUT2D eigenvalue weighted by Gasteiger charge is -2.21. The molecule has 7 nitrogen and oxygen atoms in total. The van der Waals surface area contributed by atoms with Crippen molar-refractivity contribution in [2.75, 3.05) is 29.5 Å². The predicted octanol–water partition coefficient (Wildman–Crippen LogP) is 2.96. The molecule has 1 amide bonds. The van der Waals surface area contributed by atoms with Gasteiger partial charge in [0.15, 0.2) is 0 Å². The number of aryl methyl sites for hydroxylation is 1. The van der Waals surface area contributed by atoms with Crippen LogP contribution in [0.15, 0.2) is 24.3 Å². The van der Waals surface area contributed by atoms with Gasteiger partial charge in [-0.15, -0.1) is 11.3 Å². The Hall–Kier alpha value is -2.46. The van der Waals surface area contributed by atoms with Crippen LogP contribution in [0.3, 0.4) is 0 Å². The Kier molecular flexibility index (Phi) is 6.23. The molecule has 0 atom stereocenters. The summed E-state index contributed by atoms with van der Waals surface area (Å²) in [6.07, 6.45) is 4.43. The van der Waals surface area contributed by atoms with Crippen molar-refractivity contribution in [3.05, 3.63) is 46.1 Å². The number of rotatable bonds is 6. The van der Waals surface area contributed by atoms with Crippen LogP contribution in [0.1, 0.15) is 33.6 Å². The van der Waals surface area contributed by atoms with Crippen molar-refractivity contribution in [1.29, 1.82) is 0 Å². The SMILES string of the molecule is COC(=O)c1c(NC(=O)CN(c2cccc(F)c2)S(C)(=O)=O)sc2c1CCCC2. The summed E-state index contributed by atoms with van der Waals surface area (Å²) in [6.45, 7) is -0.550. The second kappa shape index (κ2) is 8.50. The zero-order valence-electron chi connectivity index (χ0n) is 16.0. The first-order chi connectivity index (χ1) is 13.7. The van der Waals surface area contributed by atoms with Gasteiger partial charge < -0.3 is 10.1 Å². The smallest absolute Gasteiger partial charge is 0.341 e. The van der Waals surface area contributed by atoms with Crippen LogP contribution in [0.5, 0.6) is 0 Å². The maximum Gasteiger partial charge on any atom is 0.341 e. The molecule has 1 aliphatic carbocycles. The fourth-order valence-corrected chi connectivity index (χ4v) is 5.44. The van der Waals surface area contributed by atoms with E-state index in [0.29, 0.717) is 10.6 Å². The van der Waals surface area contributed by atoms with Crippen LogP contribution in [0.2, 0.25) is 0 Å². The van der Waals surface area contributed by atoms with Gasteiger partial charge in [0.25, 0.3) is 0 Å². The number of benzene rings is 1. The zero-order chi connectivity index (χ0) is 21.2. The van der Waals surface area contributed by atoms with Gasteiger partial charge in [-0.1, -0.05) is 6.07 Å². The lowest BCUT2D eigenvalue weighted by atomic mass is 9.95. The summed E-state index contributed by atoms with van der Waals surface area (Å²) in [5.41, 5.74) is 1.26. The van der Waals surface area contributed by atoms with E-state index < -0.39 is 34.3 Å². The van der Waals surface area contributed by atoms with E-state index >= 15 is 0 Å². The van der Waals surface area contributed by atoms with E-state index in [4.69, 9.17) is 4.74 Å². The number of nitrogens with zero attached hydrogens (tertiary/aromatic N) is 1. The number of amides is 1. The molecule has 0 unspecified atom stereocenters. The number of fused-ring (bicyclic) bond motifs is 1. The summed E-state index contributed by atoms with van der Waals surface area (Å²) >= 11 is 1.31. The fourth-order valence-electron chi connectivity index (χ4n) is 3.30. The van der Waals surface area contributed by atoms with Crippen LogP contribution in [0, 0.1) is 5.82 Å². The monoisotopic (exact) mass is 440 g/mol. The van der Waals surface area contributed by atoms with Gasteiger partial charge in [-0.3, -0.25) is 9.10 Å². The standard InChI is InChI=1S/C19H21FN2O5S2/c1-27-19(24)17-14-8-3-4-9-15(14)28-18(17)21-16(23)11-22(29(2,25)26)13-7-5-6-12(20)10-13/h5-7,10H,3-4,8-9,11H2,1-2H3,(H,21,23). The first-order valence-electron chi connectivity index (χ1n) is 8.96. The van der Waals surface area contributed by atoms with Crippen LogP contribution >= 0.6 is 11.3 Å². The molecule has 1 heterocycles. The molecule has 0 saturated heterocycles. The molecular formula is C19H21FN2O5S2. The highest BCUT2D eigenvalue weighted by molar-refractivity contribution is 7.92. The molecule has 156 valence electrons. The van der Waals surface area contributed by atoms with E-state index in [9.17, 15) is 22.4 Å². The number of methoxy groups -OCH3 is 1. The molecule has 10 heteroatoms. The molecule has 0 aliphatic heterocycles.